The molecular formula is C18H30N2O. The molecule has 1 aliphatic rings. The van der Waals surface area contributed by atoms with Crippen LogP contribution >= 0.6 is 0 Å². The molecule has 21 heavy (non-hydrogen) atoms. The Labute approximate surface area is 129 Å². The van der Waals surface area contributed by atoms with Gasteiger partial charge < -0.3 is 15.0 Å². The molecule has 0 saturated heterocycles. The van der Waals surface area contributed by atoms with E-state index < -0.39 is 0 Å². The second-order valence-electron chi connectivity index (χ2n) is 6.67. The summed E-state index contributed by atoms with van der Waals surface area (Å²) in [5.74, 6) is 0. The van der Waals surface area contributed by atoms with E-state index in [0.717, 1.165) is 26.0 Å². The molecule has 3 unspecified atom stereocenters. The van der Waals surface area contributed by atoms with Gasteiger partial charge in [-0.2, -0.15) is 0 Å². The van der Waals surface area contributed by atoms with Crippen LogP contribution in [-0.2, 0) is 11.3 Å². The molecule has 1 N–H and O–H groups in total. The van der Waals surface area contributed by atoms with Crippen molar-refractivity contribution in [2.45, 2.75) is 52.3 Å². The lowest BCUT2D eigenvalue weighted by molar-refractivity contribution is -0.109. The minimum absolute atomic E-state index is 0.244. The summed E-state index contributed by atoms with van der Waals surface area (Å²) < 4.78 is 5.88. The molecule has 2 rings (SSSR count). The maximum atomic E-state index is 5.88. The van der Waals surface area contributed by atoms with Crippen molar-refractivity contribution in [3.05, 3.63) is 29.8 Å². The Kier molecular flexibility index (Phi) is 5.28. The Morgan fingerprint density at radius 3 is 2.71 bits per heavy atom. The predicted molar refractivity (Wildman–Crippen MR) is 89.7 cm³/mol. The number of nitrogens with zero attached hydrogens (tertiary/aromatic N) is 1. The maximum absolute atomic E-state index is 5.88. The quantitative estimate of drug-likeness (QED) is 0.827. The summed E-state index contributed by atoms with van der Waals surface area (Å²) in [4.78, 5) is 2.20. The van der Waals surface area contributed by atoms with Crippen LogP contribution in [0.2, 0.25) is 0 Å². The van der Waals surface area contributed by atoms with Gasteiger partial charge in [0.15, 0.2) is 0 Å². The number of benzene rings is 1. The molecule has 3 nitrogen and oxygen atoms in total. The molecule has 3 heteroatoms. The highest BCUT2D eigenvalue weighted by Crippen LogP contribution is 2.47. The topological polar surface area (TPSA) is 24.5 Å². The molecule has 1 saturated carbocycles. The molecule has 0 bridgehead atoms. The summed E-state index contributed by atoms with van der Waals surface area (Å²) >= 11 is 0. The number of hydrogen-bond donors (Lipinski definition) is 1. The van der Waals surface area contributed by atoms with Crippen molar-refractivity contribution in [3.63, 3.8) is 0 Å². The van der Waals surface area contributed by atoms with Gasteiger partial charge in [-0.1, -0.05) is 26.0 Å². The Hall–Kier alpha value is -1.06. The van der Waals surface area contributed by atoms with Crippen LogP contribution in [0.3, 0.4) is 0 Å². The largest absolute Gasteiger partial charge is 0.382 e. The molecule has 118 valence electrons. The van der Waals surface area contributed by atoms with Gasteiger partial charge >= 0.3 is 0 Å². The van der Waals surface area contributed by atoms with Crippen LogP contribution in [-0.4, -0.2) is 37.7 Å². The fourth-order valence-corrected chi connectivity index (χ4v) is 3.30. The standard InChI is InChI=1S/C18H30N2O/c1-6-18(3)16(12-17(18)21-7-2)19-15-10-8-9-14(11-15)13-20(4)5/h8-11,16-17,19H,6-7,12-13H2,1-5H3. The molecule has 0 aliphatic heterocycles. The van der Waals surface area contributed by atoms with Gasteiger partial charge in [0, 0.05) is 30.3 Å². The van der Waals surface area contributed by atoms with Crippen molar-refractivity contribution in [2.75, 3.05) is 26.0 Å². The van der Waals surface area contributed by atoms with Crippen molar-refractivity contribution in [1.82, 2.24) is 4.90 Å². The highest BCUT2D eigenvalue weighted by Gasteiger charge is 2.51. The number of ether oxygens (including phenoxy) is 1. The van der Waals surface area contributed by atoms with E-state index in [1.54, 1.807) is 0 Å². The first kappa shape index (κ1) is 16.3. The van der Waals surface area contributed by atoms with Crippen LogP contribution in [0.1, 0.15) is 39.2 Å². The highest BCUT2D eigenvalue weighted by atomic mass is 16.5. The lowest BCUT2D eigenvalue weighted by Crippen LogP contribution is -2.59. The van der Waals surface area contributed by atoms with E-state index in [1.165, 1.54) is 11.3 Å². The van der Waals surface area contributed by atoms with Gasteiger partial charge in [0.05, 0.1) is 6.10 Å². The van der Waals surface area contributed by atoms with Gasteiger partial charge in [0.2, 0.25) is 0 Å². The zero-order chi connectivity index (χ0) is 15.5. The van der Waals surface area contributed by atoms with Crippen molar-refractivity contribution < 1.29 is 4.74 Å². The van der Waals surface area contributed by atoms with Gasteiger partial charge in [0.25, 0.3) is 0 Å². The third-order valence-electron chi connectivity index (χ3n) is 4.88. The fraction of sp³-hybridized carbons (Fsp3) is 0.667. The first-order valence-electron chi connectivity index (χ1n) is 8.11. The summed E-state index contributed by atoms with van der Waals surface area (Å²) in [7, 11) is 4.21. The second-order valence-corrected chi connectivity index (χ2v) is 6.67. The highest BCUT2D eigenvalue weighted by molar-refractivity contribution is 5.47. The van der Waals surface area contributed by atoms with E-state index in [4.69, 9.17) is 4.74 Å². The molecule has 1 aromatic carbocycles. The van der Waals surface area contributed by atoms with E-state index in [9.17, 15) is 0 Å². The van der Waals surface area contributed by atoms with Gasteiger partial charge in [0.1, 0.15) is 0 Å². The van der Waals surface area contributed by atoms with Crippen LogP contribution < -0.4 is 5.32 Å². The molecule has 0 spiro atoms. The summed E-state index contributed by atoms with van der Waals surface area (Å²) in [6.07, 6.45) is 2.65. The van der Waals surface area contributed by atoms with Crippen LogP contribution in [0.15, 0.2) is 24.3 Å². The lowest BCUT2D eigenvalue weighted by Gasteiger charge is -2.54. The van der Waals surface area contributed by atoms with Gasteiger partial charge in [-0.25, -0.2) is 0 Å². The molecule has 0 amide bonds. The SMILES string of the molecule is CCOC1CC(Nc2cccc(CN(C)C)c2)C1(C)CC. The minimum atomic E-state index is 0.244. The summed E-state index contributed by atoms with van der Waals surface area (Å²) in [6.45, 7) is 8.49. The fourth-order valence-electron chi connectivity index (χ4n) is 3.30. The normalized spacial score (nSPS) is 28.5. The van der Waals surface area contributed by atoms with Gasteiger partial charge in [-0.05, 0) is 51.6 Å². The second kappa shape index (κ2) is 6.80. The third-order valence-corrected chi connectivity index (χ3v) is 4.88. The number of anilines is 1. The molecule has 0 aromatic heterocycles. The Morgan fingerprint density at radius 2 is 2.10 bits per heavy atom. The lowest BCUT2D eigenvalue weighted by atomic mass is 9.61. The van der Waals surface area contributed by atoms with Crippen LogP contribution in [0, 0.1) is 5.41 Å². The van der Waals surface area contributed by atoms with Gasteiger partial charge in [-0.15, -0.1) is 0 Å². The van der Waals surface area contributed by atoms with E-state index in [0.29, 0.717) is 12.1 Å². The zero-order valence-corrected chi connectivity index (χ0v) is 14.1. The molecule has 3 atom stereocenters. The van der Waals surface area contributed by atoms with Crippen molar-refractivity contribution >= 4 is 5.69 Å². The predicted octanol–water partition coefficient (Wildman–Crippen LogP) is 3.75. The van der Waals surface area contributed by atoms with Gasteiger partial charge in [-0.3, -0.25) is 0 Å². The van der Waals surface area contributed by atoms with Crippen LogP contribution in [0.4, 0.5) is 5.69 Å². The molecular weight excluding hydrogens is 260 g/mol. The average molecular weight is 290 g/mol. The summed E-state index contributed by atoms with van der Waals surface area (Å²) in [5.41, 5.74) is 2.82. The molecule has 1 fully saturated rings. The summed E-state index contributed by atoms with van der Waals surface area (Å²) in [5, 5.41) is 3.72. The van der Waals surface area contributed by atoms with E-state index >= 15 is 0 Å². The molecule has 1 aromatic rings. The third kappa shape index (κ3) is 3.58. The molecule has 1 aliphatic carbocycles. The Balaban J connectivity index is 2.02. The monoisotopic (exact) mass is 290 g/mol. The van der Waals surface area contributed by atoms with Crippen molar-refractivity contribution in [3.8, 4) is 0 Å². The number of nitrogens with one attached hydrogen (secondary N) is 1. The average Bonchev–Trinajstić information content (AvgIpc) is 2.45. The van der Waals surface area contributed by atoms with Crippen LogP contribution in [0.5, 0.6) is 0 Å². The Bertz CT molecular complexity index is 460. The number of rotatable bonds is 7. The minimum Gasteiger partial charge on any atom is -0.382 e. The first-order chi connectivity index (χ1) is 9.99. The molecule has 0 radical (unpaired) electrons. The Morgan fingerprint density at radius 1 is 1.33 bits per heavy atom. The summed E-state index contributed by atoms with van der Waals surface area (Å²) in [6, 6.07) is 9.28. The smallest absolute Gasteiger partial charge is 0.0667 e. The van der Waals surface area contributed by atoms with Crippen molar-refractivity contribution in [2.24, 2.45) is 5.41 Å². The zero-order valence-electron chi connectivity index (χ0n) is 14.1. The first-order valence-corrected chi connectivity index (χ1v) is 8.11. The van der Waals surface area contributed by atoms with Crippen molar-refractivity contribution in [1.29, 1.82) is 0 Å². The number of hydrogen-bond acceptors (Lipinski definition) is 3. The van der Waals surface area contributed by atoms with E-state index in [-0.39, 0.29) is 5.41 Å². The van der Waals surface area contributed by atoms with E-state index in [1.807, 2.05) is 0 Å². The van der Waals surface area contributed by atoms with Crippen LogP contribution in [0.25, 0.3) is 0 Å². The molecule has 0 heterocycles. The maximum Gasteiger partial charge on any atom is 0.0667 e. The van der Waals surface area contributed by atoms with E-state index in [2.05, 4.69) is 69.3 Å².